The summed E-state index contributed by atoms with van der Waals surface area (Å²) in [5.74, 6) is -2.96. The zero-order valence-electron chi connectivity index (χ0n) is 10.8. The monoisotopic (exact) mass is 289 g/mol. The van der Waals surface area contributed by atoms with E-state index in [2.05, 4.69) is 15.2 Å². The van der Waals surface area contributed by atoms with E-state index in [4.69, 9.17) is 0 Å². The molecule has 0 radical (unpaired) electrons. The zero-order chi connectivity index (χ0) is 14.8. The standard InChI is InChI=1S/C15H10F3N3/c16-11-6-9(7-12(17)14(11)18)8-13-19-15(21-20-13)10-4-2-1-3-5-10/h1-7H,8H2,(H,19,20,21). The van der Waals surface area contributed by atoms with Crippen LogP contribution in [0.5, 0.6) is 0 Å². The van der Waals surface area contributed by atoms with E-state index < -0.39 is 17.5 Å². The van der Waals surface area contributed by atoms with Gasteiger partial charge in [0.05, 0.1) is 0 Å². The number of benzene rings is 2. The summed E-state index contributed by atoms with van der Waals surface area (Å²) < 4.78 is 39.2. The Morgan fingerprint density at radius 1 is 0.952 bits per heavy atom. The predicted octanol–water partition coefficient (Wildman–Crippen LogP) is 3.48. The fourth-order valence-electron chi connectivity index (χ4n) is 1.99. The van der Waals surface area contributed by atoms with Crippen LogP contribution in [0.2, 0.25) is 0 Å². The van der Waals surface area contributed by atoms with Crippen LogP contribution in [0, 0.1) is 17.5 Å². The van der Waals surface area contributed by atoms with Gasteiger partial charge in [0.15, 0.2) is 23.3 Å². The van der Waals surface area contributed by atoms with Crippen molar-refractivity contribution in [2.24, 2.45) is 0 Å². The minimum absolute atomic E-state index is 0.133. The molecule has 1 aromatic heterocycles. The topological polar surface area (TPSA) is 41.6 Å². The van der Waals surface area contributed by atoms with Gasteiger partial charge in [-0.15, -0.1) is 0 Å². The maximum Gasteiger partial charge on any atom is 0.194 e. The summed E-state index contributed by atoms with van der Waals surface area (Å²) in [4.78, 5) is 4.25. The van der Waals surface area contributed by atoms with Crippen LogP contribution in [0.15, 0.2) is 42.5 Å². The van der Waals surface area contributed by atoms with Crippen LogP contribution >= 0.6 is 0 Å². The Bertz CT molecular complexity index is 746. The molecule has 1 N–H and O–H groups in total. The summed E-state index contributed by atoms with van der Waals surface area (Å²) in [7, 11) is 0. The molecular weight excluding hydrogens is 279 g/mol. The minimum Gasteiger partial charge on any atom is -0.262 e. The van der Waals surface area contributed by atoms with Crippen LogP contribution in [0.1, 0.15) is 11.4 Å². The van der Waals surface area contributed by atoms with E-state index in [1.807, 2.05) is 30.3 Å². The molecule has 106 valence electrons. The van der Waals surface area contributed by atoms with Gasteiger partial charge in [-0.3, -0.25) is 5.10 Å². The number of nitrogens with one attached hydrogen (secondary N) is 1. The Morgan fingerprint density at radius 3 is 2.29 bits per heavy atom. The number of aromatic nitrogens is 3. The van der Waals surface area contributed by atoms with Crippen LogP contribution < -0.4 is 0 Å². The number of halogens is 3. The molecule has 0 spiro atoms. The molecule has 6 heteroatoms. The van der Waals surface area contributed by atoms with Gasteiger partial charge in [-0.05, 0) is 17.7 Å². The van der Waals surface area contributed by atoms with E-state index in [9.17, 15) is 13.2 Å². The highest BCUT2D eigenvalue weighted by Crippen LogP contribution is 2.17. The highest BCUT2D eigenvalue weighted by atomic mass is 19.2. The summed E-state index contributed by atoms with van der Waals surface area (Å²) in [5, 5.41) is 6.75. The number of aromatic amines is 1. The van der Waals surface area contributed by atoms with Gasteiger partial charge in [-0.2, -0.15) is 5.10 Å². The summed E-state index contributed by atoms with van der Waals surface area (Å²) in [6, 6.07) is 11.2. The average molecular weight is 289 g/mol. The number of hydrogen-bond donors (Lipinski definition) is 1. The van der Waals surface area contributed by atoms with Crippen molar-refractivity contribution < 1.29 is 13.2 Å². The highest BCUT2D eigenvalue weighted by molar-refractivity contribution is 5.53. The summed E-state index contributed by atoms with van der Waals surface area (Å²) in [5.41, 5.74) is 1.11. The lowest BCUT2D eigenvalue weighted by Gasteiger charge is -2.00. The second-order valence-corrected chi connectivity index (χ2v) is 4.52. The largest absolute Gasteiger partial charge is 0.262 e. The molecule has 0 saturated heterocycles. The second kappa shape index (κ2) is 5.40. The minimum atomic E-state index is -1.47. The lowest BCUT2D eigenvalue weighted by atomic mass is 10.1. The van der Waals surface area contributed by atoms with Gasteiger partial charge in [0.25, 0.3) is 0 Å². The van der Waals surface area contributed by atoms with Crippen LogP contribution in [0.4, 0.5) is 13.2 Å². The van der Waals surface area contributed by atoms with Gasteiger partial charge in [-0.1, -0.05) is 30.3 Å². The number of H-pyrrole nitrogens is 1. The van der Waals surface area contributed by atoms with Crippen molar-refractivity contribution in [3.05, 3.63) is 71.3 Å². The molecule has 0 fully saturated rings. The van der Waals surface area contributed by atoms with Gasteiger partial charge in [-0.25, -0.2) is 18.2 Å². The molecule has 0 aliphatic rings. The Balaban J connectivity index is 1.85. The van der Waals surface area contributed by atoms with Crippen LogP contribution in [0.25, 0.3) is 11.4 Å². The van der Waals surface area contributed by atoms with Gasteiger partial charge >= 0.3 is 0 Å². The van der Waals surface area contributed by atoms with E-state index in [0.717, 1.165) is 17.7 Å². The first-order chi connectivity index (χ1) is 10.1. The first kappa shape index (κ1) is 13.4. The SMILES string of the molecule is Fc1cc(Cc2nc(-c3ccccc3)n[nH]2)cc(F)c1F. The Kier molecular flexibility index (Phi) is 3.43. The molecule has 1 heterocycles. The molecule has 2 aromatic carbocycles. The summed E-state index contributed by atoms with van der Waals surface area (Å²) in [6.07, 6.45) is 0.133. The van der Waals surface area contributed by atoms with Crippen molar-refractivity contribution in [3.63, 3.8) is 0 Å². The zero-order valence-corrected chi connectivity index (χ0v) is 10.8. The molecule has 0 saturated carbocycles. The van der Waals surface area contributed by atoms with Crippen molar-refractivity contribution in [2.45, 2.75) is 6.42 Å². The second-order valence-electron chi connectivity index (χ2n) is 4.52. The number of rotatable bonds is 3. The van der Waals surface area contributed by atoms with E-state index in [0.29, 0.717) is 11.6 Å². The molecule has 0 unspecified atom stereocenters. The van der Waals surface area contributed by atoms with E-state index in [-0.39, 0.29) is 12.0 Å². The molecule has 0 bridgehead atoms. The molecule has 0 atom stereocenters. The van der Waals surface area contributed by atoms with Gasteiger partial charge < -0.3 is 0 Å². The number of hydrogen-bond acceptors (Lipinski definition) is 2. The third kappa shape index (κ3) is 2.79. The average Bonchev–Trinajstić information content (AvgIpc) is 2.94. The van der Waals surface area contributed by atoms with Crippen LogP contribution in [-0.2, 0) is 6.42 Å². The predicted molar refractivity (Wildman–Crippen MR) is 70.9 cm³/mol. The normalized spacial score (nSPS) is 10.8. The molecule has 0 aliphatic heterocycles. The lowest BCUT2D eigenvalue weighted by molar-refractivity contribution is 0.445. The summed E-state index contributed by atoms with van der Waals surface area (Å²) >= 11 is 0. The fraction of sp³-hybridized carbons (Fsp3) is 0.0667. The first-order valence-corrected chi connectivity index (χ1v) is 6.23. The van der Waals surface area contributed by atoms with Gasteiger partial charge in [0, 0.05) is 12.0 Å². The molecular formula is C15H10F3N3. The van der Waals surface area contributed by atoms with E-state index >= 15 is 0 Å². The van der Waals surface area contributed by atoms with E-state index in [1.54, 1.807) is 0 Å². The fourth-order valence-corrected chi connectivity index (χ4v) is 1.99. The third-order valence-electron chi connectivity index (χ3n) is 2.98. The van der Waals surface area contributed by atoms with Crippen LogP contribution in [-0.4, -0.2) is 15.2 Å². The lowest BCUT2D eigenvalue weighted by Crippen LogP contribution is -1.97. The molecule has 3 nitrogen and oxygen atoms in total. The first-order valence-electron chi connectivity index (χ1n) is 6.23. The molecule has 21 heavy (non-hydrogen) atoms. The molecule has 3 rings (SSSR count). The van der Waals surface area contributed by atoms with Crippen molar-refractivity contribution in [3.8, 4) is 11.4 Å². The highest BCUT2D eigenvalue weighted by Gasteiger charge is 2.12. The number of nitrogens with zero attached hydrogens (tertiary/aromatic N) is 2. The van der Waals surface area contributed by atoms with Crippen molar-refractivity contribution in [1.29, 1.82) is 0 Å². The third-order valence-corrected chi connectivity index (χ3v) is 2.98. The maximum atomic E-state index is 13.2. The van der Waals surface area contributed by atoms with E-state index in [1.165, 1.54) is 0 Å². The quantitative estimate of drug-likeness (QED) is 0.750. The van der Waals surface area contributed by atoms with Crippen LogP contribution in [0.3, 0.4) is 0 Å². The molecule has 0 amide bonds. The van der Waals surface area contributed by atoms with Crippen molar-refractivity contribution in [1.82, 2.24) is 15.2 Å². The maximum absolute atomic E-state index is 13.2. The van der Waals surface area contributed by atoms with Gasteiger partial charge in [0.1, 0.15) is 5.82 Å². The smallest absolute Gasteiger partial charge is 0.194 e. The Morgan fingerprint density at radius 2 is 1.62 bits per heavy atom. The molecule has 0 aliphatic carbocycles. The Labute approximate surface area is 118 Å². The van der Waals surface area contributed by atoms with Crippen molar-refractivity contribution in [2.75, 3.05) is 0 Å². The molecule has 3 aromatic rings. The summed E-state index contributed by atoms with van der Waals surface area (Å²) in [6.45, 7) is 0. The van der Waals surface area contributed by atoms with Gasteiger partial charge in [0.2, 0.25) is 0 Å². The van der Waals surface area contributed by atoms with Crippen molar-refractivity contribution >= 4 is 0 Å². The Hall–Kier alpha value is -2.63.